The third-order valence-corrected chi connectivity index (χ3v) is 3.49. The second kappa shape index (κ2) is 7.10. The number of carbonyl (C=O) groups excluding carboxylic acids is 1. The van der Waals surface area contributed by atoms with Gasteiger partial charge in [-0.25, -0.2) is 0 Å². The van der Waals surface area contributed by atoms with Crippen LogP contribution in [0.5, 0.6) is 0 Å². The zero-order valence-corrected chi connectivity index (χ0v) is 11.2. The molecule has 0 saturated carbocycles. The predicted octanol–water partition coefficient (Wildman–Crippen LogP) is 2.36. The third-order valence-electron chi connectivity index (χ3n) is 3.49. The maximum Gasteiger partial charge on any atom is 0.223 e. The first-order valence-electron chi connectivity index (χ1n) is 6.89. The summed E-state index contributed by atoms with van der Waals surface area (Å²) < 4.78 is 0. The molecule has 1 aromatic carbocycles. The molecule has 0 aromatic heterocycles. The van der Waals surface area contributed by atoms with Crippen LogP contribution in [0.25, 0.3) is 0 Å². The summed E-state index contributed by atoms with van der Waals surface area (Å²) in [4.78, 5) is 14.0. The number of benzene rings is 1. The molecule has 0 heterocycles. The zero-order chi connectivity index (χ0) is 13.5. The van der Waals surface area contributed by atoms with Crippen LogP contribution in [0.2, 0.25) is 0 Å². The predicted molar refractivity (Wildman–Crippen MR) is 75.4 cm³/mol. The van der Waals surface area contributed by atoms with E-state index in [-0.39, 0.29) is 12.5 Å². The number of carbonyl (C=O) groups is 1. The summed E-state index contributed by atoms with van der Waals surface area (Å²) in [5.74, 6) is 0.513. The van der Waals surface area contributed by atoms with E-state index < -0.39 is 0 Å². The van der Waals surface area contributed by atoms with E-state index in [1.165, 1.54) is 0 Å². The monoisotopic (exact) mass is 259 g/mol. The molecule has 1 amide bonds. The van der Waals surface area contributed by atoms with E-state index >= 15 is 0 Å². The summed E-state index contributed by atoms with van der Waals surface area (Å²) in [5.41, 5.74) is 1.10. The Labute approximate surface area is 114 Å². The van der Waals surface area contributed by atoms with Gasteiger partial charge in [-0.05, 0) is 24.3 Å². The Kier molecular flexibility index (Phi) is 5.16. The normalized spacial score (nSPS) is 17.6. The lowest BCUT2D eigenvalue weighted by molar-refractivity contribution is -0.133. The van der Waals surface area contributed by atoms with Gasteiger partial charge < -0.3 is 10.0 Å². The summed E-state index contributed by atoms with van der Waals surface area (Å²) in [6, 6.07) is 9.92. The highest BCUT2D eigenvalue weighted by molar-refractivity contribution is 5.76. The molecule has 0 fully saturated rings. The lowest BCUT2D eigenvalue weighted by Crippen LogP contribution is -2.33. The van der Waals surface area contributed by atoms with E-state index in [0.717, 1.165) is 18.4 Å². The molecular formula is C16H21NO2. The fourth-order valence-electron chi connectivity index (χ4n) is 2.44. The number of allylic oxidation sites excluding steroid dienone is 2. The van der Waals surface area contributed by atoms with Crippen molar-refractivity contribution in [2.24, 2.45) is 5.92 Å². The SMILES string of the molecule is O=C(CC1C=CCC1)N(CCO)Cc1ccccc1. The summed E-state index contributed by atoms with van der Waals surface area (Å²) in [6.45, 7) is 1.000. The van der Waals surface area contributed by atoms with Crippen LogP contribution >= 0.6 is 0 Å². The molecule has 3 nitrogen and oxygen atoms in total. The van der Waals surface area contributed by atoms with E-state index in [4.69, 9.17) is 5.11 Å². The van der Waals surface area contributed by atoms with Crippen LogP contribution in [0, 0.1) is 5.92 Å². The maximum absolute atomic E-state index is 12.3. The number of nitrogens with zero attached hydrogens (tertiary/aromatic N) is 1. The Hall–Kier alpha value is -1.61. The van der Waals surface area contributed by atoms with Crippen LogP contribution in [0.3, 0.4) is 0 Å². The maximum atomic E-state index is 12.3. The molecule has 1 aromatic rings. The fourth-order valence-corrected chi connectivity index (χ4v) is 2.44. The highest BCUT2D eigenvalue weighted by Gasteiger charge is 2.19. The number of rotatable bonds is 6. The molecule has 1 aliphatic rings. The van der Waals surface area contributed by atoms with Gasteiger partial charge in [-0.2, -0.15) is 0 Å². The van der Waals surface area contributed by atoms with Gasteiger partial charge in [0.1, 0.15) is 0 Å². The quantitative estimate of drug-likeness (QED) is 0.797. The van der Waals surface area contributed by atoms with Crippen molar-refractivity contribution in [1.82, 2.24) is 4.90 Å². The smallest absolute Gasteiger partial charge is 0.223 e. The minimum absolute atomic E-state index is 0.0130. The molecule has 1 unspecified atom stereocenters. The molecule has 1 aliphatic carbocycles. The van der Waals surface area contributed by atoms with Crippen molar-refractivity contribution in [2.75, 3.05) is 13.2 Å². The van der Waals surface area contributed by atoms with Crippen molar-refractivity contribution >= 4 is 5.91 Å². The number of amides is 1. The van der Waals surface area contributed by atoms with Crippen LogP contribution in [0.1, 0.15) is 24.8 Å². The molecule has 102 valence electrons. The molecule has 0 bridgehead atoms. The minimum Gasteiger partial charge on any atom is -0.395 e. The lowest BCUT2D eigenvalue weighted by atomic mass is 10.0. The van der Waals surface area contributed by atoms with E-state index in [9.17, 15) is 4.79 Å². The van der Waals surface area contributed by atoms with Gasteiger partial charge in [0, 0.05) is 19.5 Å². The summed E-state index contributed by atoms with van der Waals surface area (Å²) in [7, 11) is 0. The first kappa shape index (κ1) is 13.8. The van der Waals surface area contributed by atoms with Crippen LogP contribution < -0.4 is 0 Å². The molecule has 0 radical (unpaired) electrons. The van der Waals surface area contributed by atoms with Crippen molar-refractivity contribution in [2.45, 2.75) is 25.8 Å². The van der Waals surface area contributed by atoms with Gasteiger partial charge in [-0.15, -0.1) is 0 Å². The van der Waals surface area contributed by atoms with Crippen LogP contribution in [-0.2, 0) is 11.3 Å². The van der Waals surface area contributed by atoms with Gasteiger partial charge in [-0.3, -0.25) is 4.79 Å². The Morgan fingerprint density at radius 1 is 1.32 bits per heavy atom. The van der Waals surface area contributed by atoms with Crippen molar-refractivity contribution in [3.8, 4) is 0 Å². The minimum atomic E-state index is 0.0130. The fraction of sp³-hybridized carbons (Fsp3) is 0.438. The molecule has 0 saturated heterocycles. The number of hydrogen-bond acceptors (Lipinski definition) is 2. The molecule has 0 spiro atoms. The lowest BCUT2D eigenvalue weighted by Gasteiger charge is -2.23. The summed E-state index contributed by atoms with van der Waals surface area (Å²) in [5, 5.41) is 9.12. The van der Waals surface area contributed by atoms with E-state index in [1.54, 1.807) is 4.90 Å². The number of aliphatic hydroxyl groups excluding tert-OH is 1. The van der Waals surface area contributed by atoms with E-state index in [0.29, 0.717) is 25.4 Å². The second-order valence-corrected chi connectivity index (χ2v) is 4.99. The highest BCUT2D eigenvalue weighted by Crippen LogP contribution is 2.21. The van der Waals surface area contributed by atoms with Gasteiger partial charge >= 0.3 is 0 Å². The van der Waals surface area contributed by atoms with Crippen molar-refractivity contribution in [1.29, 1.82) is 0 Å². The first-order valence-corrected chi connectivity index (χ1v) is 6.89. The molecule has 0 aliphatic heterocycles. The number of hydrogen-bond donors (Lipinski definition) is 1. The topological polar surface area (TPSA) is 40.5 Å². The average Bonchev–Trinajstić information content (AvgIpc) is 2.92. The molecule has 19 heavy (non-hydrogen) atoms. The Balaban J connectivity index is 1.94. The van der Waals surface area contributed by atoms with Gasteiger partial charge in [0.2, 0.25) is 5.91 Å². The Morgan fingerprint density at radius 2 is 2.11 bits per heavy atom. The van der Waals surface area contributed by atoms with E-state index in [1.807, 2.05) is 30.3 Å². The Bertz CT molecular complexity index is 428. The highest BCUT2D eigenvalue weighted by atomic mass is 16.3. The molecule has 1 N–H and O–H groups in total. The van der Waals surface area contributed by atoms with Gasteiger partial charge in [0.15, 0.2) is 0 Å². The van der Waals surface area contributed by atoms with Crippen molar-refractivity contribution in [3.05, 3.63) is 48.0 Å². The van der Waals surface area contributed by atoms with Crippen LogP contribution in [0.15, 0.2) is 42.5 Å². The molecule has 1 atom stereocenters. The third kappa shape index (κ3) is 4.21. The van der Waals surface area contributed by atoms with Gasteiger partial charge in [0.05, 0.1) is 6.61 Å². The zero-order valence-electron chi connectivity index (χ0n) is 11.2. The Morgan fingerprint density at radius 3 is 2.74 bits per heavy atom. The standard InChI is InChI=1S/C16H21NO2/c18-11-10-17(13-15-8-2-1-3-9-15)16(19)12-14-6-4-5-7-14/h1-4,6,8-9,14,18H,5,7,10-13H2. The average molecular weight is 259 g/mol. The summed E-state index contributed by atoms with van der Waals surface area (Å²) >= 11 is 0. The van der Waals surface area contributed by atoms with Crippen molar-refractivity contribution < 1.29 is 9.90 Å². The molecule has 3 heteroatoms. The first-order chi connectivity index (χ1) is 9.29. The van der Waals surface area contributed by atoms with Crippen molar-refractivity contribution in [3.63, 3.8) is 0 Å². The molecular weight excluding hydrogens is 238 g/mol. The van der Waals surface area contributed by atoms with Crippen LogP contribution in [0.4, 0.5) is 0 Å². The second-order valence-electron chi connectivity index (χ2n) is 4.99. The van der Waals surface area contributed by atoms with E-state index in [2.05, 4.69) is 12.2 Å². The van der Waals surface area contributed by atoms with Crippen LogP contribution in [-0.4, -0.2) is 29.1 Å². The largest absolute Gasteiger partial charge is 0.395 e. The van der Waals surface area contributed by atoms with Gasteiger partial charge in [0.25, 0.3) is 0 Å². The summed E-state index contributed by atoms with van der Waals surface area (Å²) in [6.07, 6.45) is 6.99. The van der Waals surface area contributed by atoms with Gasteiger partial charge in [-0.1, -0.05) is 42.5 Å². The number of aliphatic hydroxyl groups is 1. The molecule has 2 rings (SSSR count).